The lowest BCUT2D eigenvalue weighted by molar-refractivity contribution is 0.0557. The second-order valence-electron chi connectivity index (χ2n) is 6.37. The maximum Gasteiger partial charge on any atom is 0.123 e. The number of hydrogen-bond acceptors (Lipinski definition) is 3. The Kier molecular flexibility index (Phi) is 5.06. The van der Waals surface area contributed by atoms with Gasteiger partial charge in [0.25, 0.3) is 0 Å². The van der Waals surface area contributed by atoms with Crippen LogP contribution in [-0.2, 0) is 6.54 Å². The van der Waals surface area contributed by atoms with Crippen LogP contribution in [0.5, 0.6) is 5.75 Å². The third kappa shape index (κ3) is 3.53. The van der Waals surface area contributed by atoms with Gasteiger partial charge in [0.05, 0.1) is 7.11 Å². The molecule has 1 N–H and O–H groups in total. The van der Waals surface area contributed by atoms with Gasteiger partial charge in [0.2, 0.25) is 0 Å². The van der Waals surface area contributed by atoms with E-state index in [9.17, 15) is 0 Å². The van der Waals surface area contributed by atoms with Crippen LogP contribution < -0.4 is 10.1 Å². The van der Waals surface area contributed by atoms with Gasteiger partial charge in [0.1, 0.15) is 5.75 Å². The van der Waals surface area contributed by atoms with Crippen LogP contribution in [0.15, 0.2) is 24.3 Å². The molecular formula is C17H28N2O. The minimum atomic E-state index is 0.186. The third-order valence-corrected chi connectivity index (χ3v) is 4.31. The number of benzene rings is 1. The zero-order valence-electron chi connectivity index (χ0n) is 13.3. The summed E-state index contributed by atoms with van der Waals surface area (Å²) in [6, 6.07) is 8.96. The molecule has 112 valence electrons. The van der Waals surface area contributed by atoms with Crippen LogP contribution in [0.3, 0.4) is 0 Å². The summed E-state index contributed by atoms with van der Waals surface area (Å²) >= 11 is 0. The number of nitrogens with one attached hydrogen (secondary N) is 1. The molecule has 0 aromatic heterocycles. The van der Waals surface area contributed by atoms with Crippen LogP contribution in [0.4, 0.5) is 0 Å². The van der Waals surface area contributed by atoms with E-state index in [4.69, 9.17) is 4.74 Å². The van der Waals surface area contributed by atoms with E-state index in [1.54, 1.807) is 7.11 Å². The van der Waals surface area contributed by atoms with E-state index in [0.29, 0.717) is 6.04 Å². The molecule has 0 bridgehead atoms. The molecule has 1 atom stereocenters. The second kappa shape index (κ2) is 6.59. The molecule has 0 aliphatic carbocycles. The highest BCUT2D eigenvalue weighted by Crippen LogP contribution is 2.26. The Labute approximate surface area is 123 Å². The molecular weight excluding hydrogens is 248 g/mol. The highest BCUT2D eigenvalue weighted by molar-refractivity contribution is 5.33. The molecule has 1 aromatic rings. The molecule has 2 rings (SSSR count). The molecule has 0 spiro atoms. The fourth-order valence-corrected chi connectivity index (χ4v) is 2.94. The van der Waals surface area contributed by atoms with Crippen molar-refractivity contribution in [2.24, 2.45) is 0 Å². The van der Waals surface area contributed by atoms with Gasteiger partial charge in [-0.15, -0.1) is 0 Å². The van der Waals surface area contributed by atoms with Gasteiger partial charge < -0.3 is 10.1 Å². The number of para-hydroxylation sites is 1. The zero-order valence-corrected chi connectivity index (χ0v) is 13.3. The van der Waals surface area contributed by atoms with Crippen molar-refractivity contribution in [3.8, 4) is 5.75 Å². The van der Waals surface area contributed by atoms with E-state index < -0.39 is 0 Å². The molecule has 20 heavy (non-hydrogen) atoms. The fraction of sp³-hybridized carbons (Fsp3) is 0.647. The average molecular weight is 276 g/mol. The lowest BCUT2D eigenvalue weighted by atomic mass is 9.95. The van der Waals surface area contributed by atoms with Gasteiger partial charge in [-0.25, -0.2) is 0 Å². The zero-order chi connectivity index (χ0) is 14.6. The van der Waals surface area contributed by atoms with Gasteiger partial charge in [0, 0.05) is 36.8 Å². The van der Waals surface area contributed by atoms with Gasteiger partial charge in [-0.1, -0.05) is 31.5 Å². The molecule has 1 fully saturated rings. The lowest BCUT2D eigenvalue weighted by Gasteiger charge is -2.46. The van der Waals surface area contributed by atoms with Crippen molar-refractivity contribution >= 4 is 0 Å². The summed E-state index contributed by atoms with van der Waals surface area (Å²) in [5.74, 6) is 0.994. The summed E-state index contributed by atoms with van der Waals surface area (Å²) in [5.41, 5.74) is 1.46. The van der Waals surface area contributed by atoms with Gasteiger partial charge in [-0.05, 0) is 26.3 Å². The van der Waals surface area contributed by atoms with Crippen LogP contribution in [0, 0.1) is 0 Å². The van der Waals surface area contributed by atoms with E-state index in [-0.39, 0.29) is 5.54 Å². The smallest absolute Gasteiger partial charge is 0.123 e. The lowest BCUT2D eigenvalue weighted by Crippen LogP contribution is -2.61. The minimum Gasteiger partial charge on any atom is -0.496 e. The third-order valence-electron chi connectivity index (χ3n) is 4.31. The number of piperazine rings is 1. The predicted octanol–water partition coefficient (Wildman–Crippen LogP) is 3.05. The Morgan fingerprint density at radius 2 is 2.10 bits per heavy atom. The summed E-state index contributed by atoms with van der Waals surface area (Å²) in [7, 11) is 1.75. The first kappa shape index (κ1) is 15.3. The van der Waals surface area contributed by atoms with Crippen LogP contribution in [-0.4, -0.2) is 36.7 Å². The first-order valence-corrected chi connectivity index (χ1v) is 7.67. The number of rotatable bonds is 5. The molecule has 1 heterocycles. The van der Waals surface area contributed by atoms with E-state index in [0.717, 1.165) is 25.4 Å². The monoisotopic (exact) mass is 276 g/mol. The second-order valence-corrected chi connectivity index (χ2v) is 6.37. The van der Waals surface area contributed by atoms with Crippen molar-refractivity contribution in [3.05, 3.63) is 29.8 Å². The predicted molar refractivity (Wildman–Crippen MR) is 84.2 cm³/mol. The van der Waals surface area contributed by atoms with Crippen LogP contribution in [0.2, 0.25) is 0 Å². The SMILES string of the molecule is CCCC1CN(Cc2ccccc2OC)C(C)(C)CN1. The van der Waals surface area contributed by atoms with E-state index in [1.807, 2.05) is 12.1 Å². The number of hydrogen-bond donors (Lipinski definition) is 1. The van der Waals surface area contributed by atoms with Crippen molar-refractivity contribution in [1.29, 1.82) is 0 Å². The van der Waals surface area contributed by atoms with Gasteiger partial charge in [-0.2, -0.15) is 0 Å². The van der Waals surface area contributed by atoms with Crippen molar-refractivity contribution in [3.63, 3.8) is 0 Å². The molecule has 0 radical (unpaired) electrons. The highest BCUT2D eigenvalue weighted by Gasteiger charge is 2.33. The first-order chi connectivity index (χ1) is 9.56. The average Bonchev–Trinajstić information content (AvgIpc) is 2.43. The first-order valence-electron chi connectivity index (χ1n) is 7.67. The molecule has 1 saturated heterocycles. The van der Waals surface area contributed by atoms with Crippen molar-refractivity contribution < 1.29 is 4.74 Å². The molecule has 1 aliphatic heterocycles. The fourth-order valence-electron chi connectivity index (χ4n) is 2.94. The van der Waals surface area contributed by atoms with Crippen LogP contribution in [0.25, 0.3) is 0 Å². The quantitative estimate of drug-likeness (QED) is 0.894. The Morgan fingerprint density at radius 3 is 2.80 bits per heavy atom. The topological polar surface area (TPSA) is 24.5 Å². The Morgan fingerprint density at radius 1 is 1.35 bits per heavy atom. The van der Waals surface area contributed by atoms with Gasteiger partial charge in [0.15, 0.2) is 0 Å². The summed E-state index contributed by atoms with van der Waals surface area (Å²) < 4.78 is 5.49. The largest absolute Gasteiger partial charge is 0.496 e. The molecule has 1 aromatic carbocycles. The minimum absolute atomic E-state index is 0.186. The van der Waals surface area contributed by atoms with Crippen molar-refractivity contribution in [1.82, 2.24) is 10.2 Å². The normalized spacial score (nSPS) is 22.7. The van der Waals surface area contributed by atoms with Crippen molar-refractivity contribution in [2.45, 2.75) is 51.7 Å². The van der Waals surface area contributed by atoms with E-state index >= 15 is 0 Å². The number of ether oxygens (including phenoxy) is 1. The Hall–Kier alpha value is -1.06. The summed E-state index contributed by atoms with van der Waals surface area (Å²) in [4.78, 5) is 2.58. The Bertz CT molecular complexity index is 431. The van der Waals surface area contributed by atoms with Gasteiger partial charge >= 0.3 is 0 Å². The highest BCUT2D eigenvalue weighted by atomic mass is 16.5. The summed E-state index contributed by atoms with van der Waals surface area (Å²) in [6.45, 7) is 10.0. The van der Waals surface area contributed by atoms with E-state index in [2.05, 4.69) is 43.1 Å². The van der Waals surface area contributed by atoms with E-state index in [1.165, 1.54) is 18.4 Å². The molecule has 1 aliphatic rings. The maximum absolute atomic E-state index is 5.49. The van der Waals surface area contributed by atoms with Crippen LogP contribution in [0.1, 0.15) is 39.2 Å². The number of methoxy groups -OCH3 is 1. The van der Waals surface area contributed by atoms with Gasteiger partial charge in [-0.3, -0.25) is 4.90 Å². The summed E-state index contributed by atoms with van der Waals surface area (Å²) in [5, 5.41) is 3.68. The molecule has 1 unspecified atom stereocenters. The summed E-state index contributed by atoms with van der Waals surface area (Å²) in [6.07, 6.45) is 2.49. The maximum atomic E-state index is 5.49. The molecule has 0 amide bonds. The molecule has 0 saturated carbocycles. The standard InChI is InChI=1S/C17H28N2O/c1-5-8-15-12-19(17(2,3)13-18-15)11-14-9-6-7-10-16(14)20-4/h6-7,9-10,15,18H,5,8,11-13H2,1-4H3. The van der Waals surface area contributed by atoms with Crippen LogP contribution >= 0.6 is 0 Å². The van der Waals surface area contributed by atoms with Crippen molar-refractivity contribution in [2.75, 3.05) is 20.2 Å². The molecule has 3 heteroatoms. The molecule has 3 nitrogen and oxygen atoms in total. The Balaban J connectivity index is 2.12. The number of nitrogens with zero attached hydrogens (tertiary/aromatic N) is 1.